The molecule has 3 nitrogen and oxygen atoms in total. The summed E-state index contributed by atoms with van der Waals surface area (Å²) in [6, 6.07) is 26.2. The summed E-state index contributed by atoms with van der Waals surface area (Å²) in [5.74, 6) is 0. The summed E-state index contributed by atoms with van der Waals surface area (Å²) in [6.07, 6.45) is 0. The van der Waals surface area contributed by atoms with Gasteiger partial charge in [0.1, 0.15) is 0 Å². The van der Waals surface area contributed by atoms with Gasteiger partial charge in [-0.1, -0.05) is 42.5 Å². The zero-order valence-electron chi connectivity index (χ0n) is 13.7. The fourth-order valence-corrected chi connectivity index (χ4v) is 3.17. The van der Waals surface area contributed by atoms with Crippen LogP contribution in [0.3, 0.4) is 0 Å². The number of fused-ring (bicyclic) bond motifs is 1. The molecule has 0 aliphatic heterocycles. The third-order valence-electron chi connectivity index (χ3n) is 4.50. The minimum atomic E-state index is 0.744. The molecule has 25 heavy (non-hydrogen) atoms. The van der Waals surface area contributed by atoms with E-state index in [4.69, 9.17) is 17.2 Å². The van der Waals surface area contributed by atoms with Crippen LogP contribution in [0.5, 0.6) is 0 Å². The van der Waals surface area contributed by atoms with Crippen LogP contribution in [0.4, 0.5) is 17.1 Å². The third kappa shape index (κ3) is 2.76. The molecule has 6 N–H and O–H groups in total. The molecule has 0 aliphatic rings. The first kappa shape index (κ1) is 15.1. The molecule has 3 heteroatoms. The Morgan fingerprint density at radius 2 is 1.04 bits per heavy atom. The second kappa shape index (κ2) is 5.87. The molecule has 0 fully saturated rings. The molecular formula is C22H19N3. The summed E-state index contributed by atoms with van der Waals surface area (Å²) < 4.78 is 0. The first-order valence-corrected chi connectivity index (χ1v) is 8.16. The Kier molecular flexibility index (Phi) is 3.55. The van der Waals surface area contributed by atoms with Gasteiger partial charge in [0.05, 0.1) is 0 Å². The molecule has 122 valence electrons. The first-order chi connectivity index (χ1) is 12.1. The maximum atomic E-state index is 6.28. The topological polar surface area (TPSA) is 78.1 Å². The van der Waals surface area contributed by atoms with E-state index in [1.807, 2.05) is 54.6 Å². The molecule has 0 heterocycles. The number of benzene rings is 4. The van der Waals surface area contributed by atoms with E-state index < -0.39 is 0 Å². The van der Waals surface area contributed by atoms with Gasteiger partial charge in [-0.2, -0.15) is 0 Å². The highest BCUT2D eigenvalue weighted by Crippen LogP contribution is 2.36. The van der Waals surface area contributed by atoms with Gasteiger partial charge in [-0.15, -0.1) is 0 Å². The van der Waals surface area contributed by atoms with Crippen LogP contribution < -0.4 is 17.2 Å². The lowest BCUT2D eigenvalue weighted by Gasteiger charge is -2.12. The third-order valence-corrected chi connectivity index (χ3v) is 4.50. The summed E-state index contributed by atoms with van der Waals surface area (Å²) in [4.78, 5) is 0. The van der Waals surface area contributed by atoms with Gasteiger partial charge in [0, 0.05) is 22.6 Å². The van der Waals surface area contributed by atoms with Gasteiger partial charge in [0.2, 0.25) is 0 Å². The Morgan fingerprint density at radius 3 is 1.68 bits per heavy atom. The highest BCUT2D eigenvalue weighted by molar-refractivity contribution is 6.03. The Hall–Kier alpha value is -3.46. The molecule has 0 bridgehead atoms. The van der Waals surface area contributed by atoms with Crippen molar-refractivity contribution in [1.29, 1.82) is 0 Å². The molecule has 0 unspecified atom stereocenters. The second-order valence-corrected chi connectivity index (χ2v) is 6.21. The molecule has 0 saturated carbocycles. The SMILES string of the molecule is Nc1ccc(-c2ccc3c(-c4ccc(N)cc4)c(N)ccc3c2)cc1. The molecule has 0 atom stereocenters. The predicted octanol–water partition coefficient (Wildman–Crippen LogP) is 4.92. The van der Waals surface area contributed by atoms with Crippen molar-refractivity contribution >= 4 is 27.8 Å². The fraction of sp³-hybridized carbons (Fsp3) is 0. The van der Waals surface area contributed by atoms with Gasteiger partial charge in [-0.25, -0.2) is 0 Å². The van der Waals surface area contributed by atoms with Gasteiger partial charge < -0.3 is 17.2 Å². The molecule has 0 amide bonds. The lowest BCUT2D eigenvalue weighted by Crippen LogP contribution is -1.93. The molecule has 0 aromatic heterocycles. The van der Waals surface area contributed by atoms with Crippen molar-refractivity contribution in [1.82, 2.24) is 0 Å². The maximum absolute atomic E-state index is 6.28. The molecular weight excluding hydrogens is 306 g/mol. The summed E-state index contributed by atoms with van der Waals surface area (Å²) in [7, 11) is 0. The van der Waals surface area contributed by atoms with E-state index in [0.29, 0.717) is 0 Å². The molecule has 4 rings (SSSR count). The highest BCUT2D eigenvalue weighted by Gasteiger charge is 2.09. The van der Waals surface area contributed by atoms with Crippen LogP contribution in [0, 0.1) is 0 Å². The zero-order valence-corrected chi connectivity index (χ0v) is 13.7. The molecule has 0 spiro atoms. The Bertz CT molecular complexity index is 1050. The van der Waals surface area contributed by atoms with Crippen LogP contribution in [-0.4, -0.2) is 0 Å². The lowest BCUT2D eigenvalue weighted by atomic mass is 9.94. The standard InChI is InChI=1S/C22H19N3/c23-18-7-1-14(2-8-18)16-5-11-20-17(13-16)6-12-21(25)22(20)15-3-9-19(24)10-4-15/h1-13H,23-25H2. The van der Waals surface area contributed by atoms with Gasteiger partial charge in [0.25, 0.3) is 0 Å². The van der Waals surface area contributed by atoms with Crippen LogP contribution in [0.1, 0.15) is 0 Å². The van der Waals surface area contributed by atoms with E-state index in [2.05, 4.69) is 24.3 Å². The van der Waals surface area contributed by atoms with E-state index in [9.17, 15) is 0 Å². The van der Waals surface area contributed by atoms with Crippen molar-refractivity contribution < 1.29 is 0 Å². The minimum absolute atomic E-state index is 0.744. The predicted molar refractivity (Wildman–Crippen MR) is 108 cm³/mol. The first-order valence-electron chi connectivity index (χ1n) is 8.16. The van der Waals surface area contributed by atoms with Crippen LogP contribution in [0.15, 0.2) is 78.9 Å². The lowest BCUT2D eigenvalue weighted by molar-refractivity contribution is 1.61. The van der Waals surface area contributed by atoms with E-state index in [0.717, 1.165) is 50.1 Å². The number of anilines is 3. The summed E-state index contributed by atoms with van der Waals surface area (Å²) in [5, 5.41) is 2.28. The number of nitrogens with two attached hydrogens (primary N) is 3. The summed E-state index contributed by atoms with van der Waals surface area (Å²) >= 11 is 0. The van der Waals surface area contributed by atoms with Gasteiger partial charge >= 0.3 is 0 Å². The van der Waals surface area contributed by atoms with E-state index in [-0.39, 0.29) is 0 Å². The van der Waals surface area contributed by atoms with Crippen molar-refractivity contribution in [3.05, 3.63) is 78.9 Å². The Labute approximate surface area is 146 Å². The highest BCUT2D eigenvalue weighted by atomic mass is 14.6. The Balaban J connectivity index is 1.89. The van der Waals surface area contributed by atoms with E-state index >= 15 is 0 Å². The molecule has 4 aromatic rings. The minimum Gasteiger partial charge on any atom is -0.399 e. The number of rotatable bonds is 2. The largest absolute Gasteiger partial charge is 0.399 e. The molecule has 0 radical (unpaired) electrons. The number of nitrogen functional groups attached to an aromatic ring is 3. The molecule has 0 aliphatic carbocycles. The van der Waals surface area contributed by atoms with Crippen molar-refractivity contribution in [2.24, 2.45) is 0 Å². The van der Waals surface area contributed by atoms with Gasteiger partial charge in [-0.05, 0) is 63.9 Å². The van der Waals surface area contributed by atoms with Crippen LogP contribution in [0.2, 0.25) is 0 Å². The number of hydrogen-bond acceptors (Lipinski definition) is 3. The van der Waals surface area contributed by atoms with E-state index in [1.165, 1.54) is 0 Å². The summed E-state index contributed by atoms with van der Waals surface area (Å²) in [6.45, 7) is 0. The molecule has 0 saturated heterocycles. The van der Waals surface area contributed by atoms with Gasteiger partial charge in [-0.3, -0.25) is 0 Å². The van der Waals surface area contributed by atoms with Crippen molar-refractivity contribution in [3.63, 3.8) is 0 Å². The summed E-state index contributed by atoms with van der Waals surface area (Å²) in [5.41, 5.74) is 24.5. The fourth-order valence-electron chi connectivity index (χ4n) is 3.17. The maximum Gasteiger partial charge on any atom is 0.0400 e. The van der Waals surface area contributed by atoms with Crippen molar-refractivity contribution in [2.75, 3.05) is 17.2 Å². The smallest absolute Gasteiger partial charge is 0.0400 e. The van der Waals surface area contributed by atoms with Crippen LogP contribution >= 0.6 is 0 Å². The Morgan fingerprint density at radius 1 is 0.480 bits per heavy atom. The monoisotopic (exact) mass is 325 g/mol. The van der Waals surface area contributed by atoms with E-state index in [1.54, 1.807) is 0 Å². The quantitative estimate of drug-likeness (QED) is 0.458. The normalized spacial score (nSPS) is 10.9. The van der Waals surface area contributed by atoms with Crippen LogP contribution in [0.25, 0.3) is 33.0 Å². The average molecular weight is 325 g/mol. The second-order valence-electron chi connectivity index (χ2n) is 6.21. The van der Waals surface area contributed by atoms with Crippen LogP contribution in [-0.2, 0) is 0 Å². The van der Waals surface area contributed by atoms with Gasteiger partial charge in [0.15, 0.2) is 0 Å². The average Bonchev–Trinajstić information content (AvgIpc) is 2.63. The number of hydrogen-bond donors (Lipinski definition) is 3. The van der Waals surface area contributed by atoms with Crippen molar-refractivity contribution in [2.45, 2.75) is 0 Å². The zero-order chi connectivity index (χ0) is 17.4. The van der Waals surface area contributed by atoms with Crippen molar-refractivity contribution in [3.8, 4) is 22.3 Å². The molecule has 4 aromatic carbocycles.